The van der Waals surface area contributed by atoms with Gasteiger partial charge in [-0.1, -0.05) is 29.8 Å². The van der Waals surface area contributed by atoms with Crippen LogP contribution in [0.25, 0.3) is 0 Å². The third kappa shape index (κ3) is 2.32. The number of nitrogens with zero attached hydrogens (tertiary/aromatic N) is 1. The molecule has 2 aromatic carbocycles. The molecule has 2 bridgehead atoms. The lowest BCUT2D eigenvalue weighted by Crippen LogP contribution is -2.33. The number of aryl methyl sites for hydroxylation is 1. The van der Waals surface area contributed by atoms with Gasteiger partial charge in [-0.2, -0.15) is 0 Å². The molecular weight excluding hydrogens is 362 g/mol. The van der Waals surface area contributed by atoms with Gasteiger partial charge in [-0.25, -0.2) is 0 Å². The largest absolute Gasteiger partial charge is 0.497 e. The standard InChI is InChI=1S/C25H25NO3/c1-13-3-7-15(8-4-13)26-24(27)22-18-12-19(23(22)25(26)28)21-17(20(18)21)11-14-5-9-16(29-2)10-6-14/h3-10,17-23H,11-12H2,1-2H3/t17?,18-,19+,20+,21-,22+,23-. The van der Waals surface area contributed by atoms with E-state index in [4.69, 9.17) is 4.74 Å². The fourth-order valence-electron chi connectivity index (χ4n) is 6.90. The van der Waals surface area contributed by atoms with E-state index < -0.39 is 0 Å². The van der Waals surface area contributed by atoms with Crippen LogP contribution in [-0.4, -0.2) is 18.9 Å². The molecular formula is C25H25NO3. The number of imide groups is 1. The van der Waals surface area contributed by atoms with Gasteiger partial charge in [-0.3, -0.25) is 14.5 Å². The fourth-order valence-corrected chi connectivity index (χ4v) is 6.90. The summed E-state index contributed by atoms with van der Waals surface area (Å²) in [7, 11) is 1.69. The Kier molecular flexibility index (Phi) is 3.54. The first-order valence-electron chi connectivity index (χ1n) is 10.7. The summed E-state index contributed by atoms with van der Waals surface area (Å²) in [5, 5.41) is 0. The number of rotatable bonds is 4. The minimum atomic E-state index is -0.0871. The van der Waals surface area contributed by atoms with Gasteiger partial charge < -0.3 is 4.74 Å². The Bertz CT molecular complexity index is 962. The minimum Gasteiger partial charge on any atom is -0.497 e. The lowest BCUT2D eigenvalue weighted by Gasteiger charge is -2.19. The molecule has 0 spiro atoms. The molecule has 2 amide bonds. The van der Waals surface area contributed by atoms with Gasteiger partial charge in [-0.05, 0) is 79.2 Å². The van der Waals surface area contributed by atoms with Gasteiger partial charge in [0.15, 0.2) is 0 Å². The number of anilines is 1. The predicted octanol–water partition coefficient (Wildman–Crippen LogP) is 3.86. The SMILES string of the molecule is COc1ccc(CC2[C@@H]3[C@@H]4C[C@@H]([C@@H]5C(=O)N(c6ccc(C)cc6)C(=O)[C@H]45)[C@H]23)cc1. The summed E-state index contributed by atoms with van der Waals surface area (Å²) in [6.07, 6.45) is 2.12. The Labute approximate surface area is 170 Å². The zero-order valence-electron chi connectivity index (χ0n) is 16.7. The molecule has 29 heavy (non-hydrogen) atoms. The van der Waals surface area contributed by atoms with Gasteiger partial charge in [0.1, 0.15) is 5.75 Å². The maximum atomic E-state index is 13.3. The molecule has 4 heteroatoms. The third-order valence-corrected chi connectivity index (χ3v) is 8.07. The molecule has 148 valence electrons. The van der Waals surface area contributed by atoms with Crippen LogP contribution >= 0.6 is 0 Å². The number of methoxy groups -OCH3 is 1. The van der Waals surface area contributed by atoms with Crippen LogP contribution < -0.4 is 9.64 Å². The van der Waals surface area contributed by atoms with Gasteiger partial charge in [-0.15, -0.1) is 0 Å². The zero-order valence-corrected chi connectivity index (χ0v) is 16.7. The topological polar surface area (TPSA) is 46.6 Å². The molecule has 1 unspecified atom stereocenters. The van der Waals surface area contributed by atoms with E-state index in [-0.39, 0.29) is 23.7 Å². The van der Waals surface area contributed by atoms with E-state index in [0.717, 1.165) is 29.8 Å². The second kappa shape index (κ2) is 5.94. The monoisotopic (exact) mass is 387 g/mol. The van der Waals surface area contributed by atoms with Crippen LogP contribution in [0.1, 0.15) is 17.5 Å². The first-order chi connectivity index (χ1) is 14.1. The minimum absolute atomic E-state index is 0.0462. The van der Waals surface area contributed by atoms with Crippen LogP contribution in [0, 0.1) is 48.3 Å². The second-order valence-corrected chi connectivity index (χ2v) is 9.33. The maximum absolute atomic E-state index is 13.3. The second-order valence-electron chi connectivity index (χ2n) is 9.33. The van der Waals surface area contributed by atoms with Gasteiger partial charge >= 0.3 is 0 Å². The number of carbonyl (C=O) groups is 2. The maximum Gasteiger partial charge on any atom is 0.237 e. The number of amides is 2. The van der Waals surface area contributed by atoms with E-state index >= 15 is 0 Å². The summed E-state index contributed by atoms with van der Waals surface area (Å²) < 4.78 is 5.26. The highest BCUT2D eigenvalue weighted by molar-refractivity contribution is 6.22. The van der Waals surface area contributed by atoms with Crippen molar-refractivity contribution in [3.8, 4) is 5.75 Å². The highest BCUT2D eigenvalue weighted by atomic mass is 16.5. The fraction of sp³-hybridized carbons (Fsp3) is 0.440. The number of benzene rings is 2. The molecule has 1 aliphatic heterocycles. The molecule has 7 atom stereocenters. The molecule has 2 aromatic rings. The van der Waals surface area contributed by atoms with Crippen molar-refractivity contribution in [3.05, 3.63) is 59.7 Å². The molecule has 0 radical (unpaired) electrons. The Morgan fingerprint density at radius 3 is 2.03 bits per heavy atom. The van der Waals surface area contributed by atoms with Crippen LogP contribution in [0.2, 0.25) is 0 Å². The Morgan fingerprint density at radius 1 is 0.897 bits per heavy atom. The van der Waals surface area contributed by atoms with Crippen molar-refractivity contribution in [3.63, 3.8) is 0 Å². The van der Waals surface area contributed by atoms with Gasteiger partial charge in [0.05, 0.1) is 24.6 Å². The first kappa shape index (κ1) is 17.3. The summed E-state index contributed by atoms with van der Waals surface area (Å²) in [5.41, 5.74) is 3.20. The van der Waals surface area contributed by atoms with E-state index in [2.05, 4.69) is 12.1 Å². The lowest BCUT2D eigenvalue weighted by molar-refractivity contribution is -0.123. The van der Waals surface area contributed by atoms with Gasteiger partial charge in [0, 0.05) is 0 Å². The summed E-state index contributed by atoms with van der Waals surface area (Å²) >= 11 is 0. The van der Waals surface area contributed by atoms with Crippen molar-refractivity contribution in [1.29, 1.82) is 0 Å². The van der Waals surface area contributed by atoms with Crippen molar-refractivity contribution in [2.24, 2.45) is 41.4 Å². The average Bonchev–Trinajstić information content (AvgIpc) is 3.02. The molecule has 3 saturated carbocycles. The van der Waals surface area contributed by atoms with Crippen LogP contribution in [0.5, 0.6) is 5.75 Å². The van der Waals surface area contributed by atoms with Crippen molar-refractivity contribution in [2.45, 2.75) is 19.8 Å². The number of carbonyl (C=O) groups excluding carboxylic acids is 2. The van der Waals surface area contributed by atoms with Crippen LogP contribution in [0.3, 0.4) is 0 Å². The molecule has 6 rings (SSSR count). The first-order valence-corrected chi connectivity index (χ1v) is 10.7. The van der Waals surface area contributed by atoms with Gasteiger partial charge in [0.25, 0.3) is 0 Å². The van der Waals surface area contributed by atoms with E-state index in [0.29, 0.717) is 29.6 Å². The molecule has 3 aliphatic carbocycles. The van der Waals surface area contributed by atoms with Crippen molar-refractivity contribution >= 4 is 17.5 Å². The molecule has 4 nitrogen and oxygen atoms in total. The van der Waals surface area contributed by atoms with Crippen molar-refractivity contribution < 1.29 is 14.3 Å². The highest BCUT2D eigenvalue weighted by Crippen LogP contribution is 2.74. The molecule has 0 aromatic heterocycles. The predicted molar refractivity (Wildman–Crippen MR) is 109 cm³/mol. The molecule has 1 heterocycles. The van der Waals surface area contributed by atoms with Crippen LogP contribution in [-0.2, 0) is 16.0 Å². The average molecular weight is 387 g/mol. The van der Waals surface area contributed by atoms with Gasteiger partial charge in [0.2, 0.25) is 11.8 Å². The van der Waals surface area contributed by atoms with E-state index in [1.807, 2.05) is 43.3 Å². The lowest BCUT2D eigenvalue weighted by atomic mass is 9.81. The summed E-state index contributed by atoms with van der Waals surface area (Å²) in [5.74, 6) is 3.46. The normalized spacial score (nSPS) is 36.3. The Morgan fingerprint density at radius 2 is 1.48 bits per heavy atom. The third-order valence-electron chi connectivity index (χ3n) is 8.07. The quantitative estimate of drug-likeness (QED) is 0.749. The highest BCUT2D eigenvalue weighted by Gasteiger charge is 2.75. The smallest absolute Gasteiger partial charge is 0.237 e. The van der Waals surface area contributed by atoms with E-state index in [1.54, 1.807) is 7.11 Å². The van der Waals surface area contributed by atoms with Crippen molar-refractivity contribution in [2.75, 3.05) is 12.0 Å². The molecule has 0 N–H and O–H groups in total. The van der Waals surface area contributed by atoms with Crippen LogP contribution in [0.15, 0.2) is 48.5 Å². The summed E-state index contributed by atoms with van der Waals surface area (Å²) in [6, 6.07) is 16.1. The zero-order chi connectivity index (χ0) is 19.9. The number of hydrogen-bond donors (Lipinski definition) is 0. The van der Waals surface area contributed by atoms with Crippen molar-refractivity contribution in [1.82, 2.24) is 0 Å². The molecule has 1 saturated heterocycles. The number of hydrogen-bond acceptors (Lipinski definition) is 3. The molecule has 4 fully saturated rings. The summed E-state index contributed by atoms with van der Waals surface area (Å²) in [6.45, 7) is 2.02. The number of ether oxygens (including phenoxy) is 1. The van der Waals surface area contributed by atoms with E-state index in [9.17, 15) is 9.59 Å². The Balaban J connectivity index is 1.22. The molecule has 4 aliphatic rings. The van der Waals surface area contributed by atoms with E-state index in [1.165, 1.54) is 10.5 Å². The number of fused-ring (bicyclic) bond motifs is 8. The Hall–Kier alpha value is -2.62. The summed E-state index contributed by atoms with van der Waals surface area (Å²) in [4.78, 5) is 28.0. The van der Waals surface area contributed by atoms with Crippen LogP contribution in [0.4, 0.5) is 5.69 Å².